The molecule has 0 radical (unpaired) electrons. The van der Waals surface area contributed by atoms with Crippen LogP contribution in [0.1, 0.15) is 34.1 Å². The molecule has 8 heteroatoms. The van der Waals surface area contributed by atoms with Crippen molar-refractivity contribution < 1.29 is 23.8 Å². The molecule has 1 N–H and O–H groups in total. The molecule has 6 nitrogen and oxygen atoms in total. The second-order valence-electron chi connectivity index (χ2n) is 9.16. The van der Waals surface area contributed by atoms with Crippen LogP contribution >= 0.6 is 11.6 Å². The molecule has 4 aromatic rings. The Morgan fingerprint density at radius 2 is 1.92 bits per heavy atom. The number of carbonyl (C=O) groups excluding carboxylic acids is 1. The van der Waals surface area contributed by atoms with Crippen molar-refractivity contribution in [1.29, 1.82) is 0 Å². The Morgan fingerprint density at radius 3 is 2.65 bits per heavy atom. The predicted octanol–water partition coefficient (Wildman–Crippen LogP) is 5.89. The van der Waals surface area contributed by atoms with Crippen molar-refractivity contribution in [2.45, 2.75) is 32.7 Å². The first kappa shape index (κ1) is 24.8. The van der Waals surface area contributed by atoms with Gasteiger partial charge in [-0.05, 0) is 73.9 Å². The van der Waals surface area contributed by atoms with Crippen LogP contribution in [0.3, 0.4) is 0 Å². The number of hydrogen-bond donors (Lipinski definition) is 1. The number of carboxylic acid groups (broad SMARTS) is 1. The van der Waals surface area contributed by atoms with Gasteiger partial charge in [-0.15, -0.1) is 0 Å². The molecule has 0 aliphatic carbocycles. The average Bonchev–Trinajstić information content (AvgIpc) is 3.36. The van der Waals surface area contributed by atoms with Gasteiger partial charge < -0.3 is 14.7 Å². The summed E-state index contributed by atoms with van der Waals surface area (Å²) in [6.45, 7) is 5.11. The first-order valence-electron chi connectivity index (χ1n) is 12.1. The largest absolute Gasteiger partial charge is 0.491 e. The lowest BCUT2D eigenvalue weighted by atomic mass is 10.1. The van der Waals surface area contributed by atoms with Crippen LogP contribution in [0.5, 0.6) is 5.75 Å². The van der Waals surface area contributed by atoms with E-state index in [1.807, 2.05) is 12.1 Å². The zero-order valence-corrected chi connectivity index (χ0v) is 21.3. The third kappa shape index (κ3) is 4.55. The SMILES string of the molecule is CCN1c2ccccc2CC1COc1ccc(C(=O)n2c(C)c(CC(=O)O)c3cc(F)ccc32)c(Cl)c1. The van der Waals surface area contributed by atoms with Crippen molar-refractivity contribution >= 4 is 40.1 Å². The molecular formula is C29H26ClFN2O4. The number of anilines is 1. The van der Waals surface area contributed by atoms with Crippen LogP contribution in [-0.2, 0) is 17.6 Å². The monoisotopic (exact) mass is 520 g/mol. The molecule has 1 aromatic heterocycles. The quantitative estimate of drug-likeness (QED) is 0.329. The smallest absolute Gasteiger partial charge is 0.307 e. The van der Waals surface area contributed by atoms with Crippen molar-refractivity contribution in [3.8, 4) is 5.75 Å². The molecule has 0 saturated carbocycles. The van der Waals surface area contributed by atoms with E-state index in [0.29, 0.717) is 34.5 Å². The van der Waals surface area contributed by atoms with Crippen molar-refractivity contribution in [2.24, 2.45) is 0 Å². The Balaban J connectivity index is 1.39. The summed E-state index contributed by atoms with van der Waals surface area (Å²) in [4.78, 5) is 27.3. The number of halogens is 2. The summed E-state index contributed by atoms with van der Waals surface area (Å²) in [7, 11) is 0. The summed E-state index contributed by atoms with van der Waals surface area (Å²) in [5, 5.41) is 9.95. The van der Waals surface area contributed by atoms with Crippen LogP contribution in [-0.4, -0.2) is 40.7 Å². The Hall–Kier alpha value is -3.84. The molecule has 5 rings (SSSR count). The lowest BCUT2D eigenvalue weighted by molar-refractivity contribution is -0.136. The fraction of sp³-hybridized carbons (Fsp3) is 0.241. The number of likely N-dealkylation sites (N-methyl/N-ethyl adjacent to an activating group) is 1. The van der Waals surface area contributed by atoms with E-state index in [1.165, 1.54) is 34.0 Å². The Bertz CT molecular complexity index is 1530. The standard InChI is InChI=1S/C29H26ClFN2O4/c1-3-32-20(12-18-6-4-5-7-26(18)32)16-37-21-9-10-22(25(30)14-21)29(36)33-17(2)23(15-28(34)35)24-13-19(31)8-11-27(24)33/h4-11,13-14,20H,3,12,15-16H2,1-2H3,(H,34,35). The van der Waals surface area contributed by atoms with E-state index in [1.54, 1.807) is 25.1 Å². The van der Waals surface area contributed by atoms with Crippen LogP contribution < -0.4 is 9.64 Å². The van der Waals surface area contributed by atoms with Crippen LogP contribution in [0.15, 0.2) is 60.7 Å². The molecular weight excluding hydrogens is 495 g/mol. The van der Waals surface area contributed by atoms with Gasteiger partial charge in [0.05, 0.1) is 28.6 Å². The lowest BCUT2D eigenvalue weighted by Gasteiger charge is -2.26. The maximum Gasteiger partial charge on any atom is 0.307 e. The van der Waals surface area contributed by atoms with Gasteiger partial charge in [-0.3, -0.25) is 14.2 Å². The maximum atomic E-state index is 14.0. The van der Waals surface area contributed by atoms with Gasteiger partial charge in [0.1, 0.15) is 18.2 Å². The van der Waals surface area contributed by atoms with Crippen molar-refractivity contribution in [3.05, 3.63) is 93.9 Å². The molecule has 1 aliphatic rings. The van der Waals surface area contributed by atoms with E-state index in [9.17, 15) is 19.1 Å². The number of nitrogens with zero attached hydrogens (tertiary/aromatic N) is 2. The second kappa shape index (κ2) is 9.90. The van der Waals surface area contributed by atoms with Crippen molar-refractivity contribution in [3.63, 3.8) is 0 Å². The van der Waals surface area contributed by atoms with Crippen LogP contribution in [0.2, 0.25) is 5.02 Å². The minimum Gasteiger partial charge on any atom is -0.491 e. The van der Waals surface area contributed by atoms with E-state index in [4.69, 9.17) is 16.3 Å². The number of aliphatic carboxylic acids is 1. The number of ether oxygens (including phenoxy) is 1. The molecule has 3 aromatic carbocycles. The first-order valence-corrected chi connectivity index (χ1v) is 12.5. The van der Waals surface area contributed by atoms with E-state index >= 15 is 0 Å². The van der Waals surface area contributed by atoms with Gasteiger partial charge in [0.15, 0.2) is 0 Å². The minimum atomic E-state index is -1.06. The van der Waals surface area contributed by atoms with Crippen LogP contribution in [0, 0.1) is 12.7 Å². The molecule has 2 heterocycles. The number of rotatable bonds is 7. The normalized spacial score (nSPS) is 14.7. The van der Waals surface area contributed by atoms with Crippen molar-refractivity contribution in [1.82, 2.24) is 4.57 Å². The highest BCUT2D eigenvalue weighted by Crippen LogP contribution is 2.33. The Kier molecular flexibility index (Phi) is 6.65. The molecule has 0 fully saturated rings. The van der Waals surface area contributed by atoms with Gasteiger partial charge in [-0.25, -0.2) is 4.39 Å². The number of hydrogen-bond acceptors (Lipinski definition) is 4. The summed E-state index contributed by atoms with van der Waals surface area (Å²) >= 11 is 6.54. The summed E-state index contributed by atoms with van der Waals surface area (Å²) in [6.07, 6.45) is 0.569. The first-order chi connectivity index (χ1) is 17.8. The number of carbonyl (C=O) groups is 2. The Labute approximate surface area is 218 Å². The highest BCUT2D eigenvalue weighted by Gasteiger charge is 2.28. The zero-order valence-electron chi connectivity index (χ0n) is 20.5. The highest BCUT2D eigenvalue weighted by atomic mass is 35.5. The molecule has 1 unspecified atom stereocenters. The highest BCUT2D eigenvalue weighted by molar-refractivity contribution is 6.34. The third-order valence-electron chi connectivity index (χ3n) is 6.98. The summed E-state index contributed by atoms with van der Waals surface area (Å²) in [6, 6.07) is 17.4. The summed E-state index contributed by atoms with van der Waals surface area (Å²) in [5.41, 5.74) is 4.03. The molecule has 1 atom stereocenters. The zero-order chi connectivity index (χ0) is 26.3. The van der Waals surface area contributed by atoms with Crippen molar-refractivity contribution in [2.75, 3.05) is 18.1 Å². The summed E-state index contributed by atoms with van der Waals surface area (Å²) in [5.74, 6) is -1.44. The average molecular weight is 521 g/mol. The van der Waals surface area contributed by atoms with Crippen LogP contribution in [0.4, 0.5) is 10.1 Å². The van der Waals surface area contributed by atoms with Crippen LogP contribution in [0.25, 0.3) is 10.9 Å². The minimum absolute atomic E-state index is 0.199. The number of benzene rings is 3. The molecule has 190 valence electrons. The van der Waals surface area contributed by atoms with E-state index in [0.717, 1.165) is 13.0 Å². The third-order valence-corrected chi connectivity index (χ3v) is 7.29. The molecule has 0 bridgehead atoms. The molecule has 0 saturated heterocycles. The number of fused-ring (bicyclic) bond motifs is 2. The number of aromatic nitrogens is 1. The molecule has 37 heavy (non-hydrogen) atoms. The molecule has 0 amide bonds. The van der Waals surface area contributed by atoms with Gasteiger partial charge in [-0.2, -0.15) is 0 Å². The van der Waals surface area contributed by atoms with Gasteiger partial charge in [0.2, 0.25) is 0 Å². The maximum absolute atomic E-state index is 14.0. The van der Waals surface area contributed by atoms with Gasteiger partial charge in [-0.1, -0.05) is 29.8 Å². The van der Waals surface area contributed by atoms with Gasteiger partial charge in [0, 0.05) is 23.3 Å². The Morgan fingerprint density at radius 1 is 1.14 bits per heavy atom. The number of para-hydroxylation sites is 1. The molecule has 0 spiro atoms. The summed E-state index contributed by atoms with van der Waals surface area (Å²) < 4.78 is 21.4. The molecule has 1 aliphatic heterocycles. The van der Waals surface area contributed by atoms with Gasteiger partial charge >= 0.3 is 5.97 Å². The van der Waals surface area contributed by atoms with E-state index in [2.05, 4.69) is 24.0 Å². The predicted molar refractivity (Wildman–Crippen MR) is 142 cm³/mol. The number of carboxylic acids is 1. The van der Waals surface area contributed by atoms with E-state index in [-0.39, 0.29) is 23.0 Å². The fourth-order valence-corrected chi connectivity index (χ4v) is 5.52. The fourth-order valence-electron chi connectivity index (χ4n) is 5.27. The topological polar surface area (TPSA) is 71.8 Å². The van der Waals surface area contributed by atoms with Gasteiger partial charge in [0.25, 0.3) is 5.91 Å². The van der Waals surface area contributed by atoms with E-state index < -0.39 is 17.7 Å². The second-order valence-corrected chi connectivity index (χ2v) is 9.57. The lowest BCUT2D eigenvalue weighted by Crippen LogP contribution is -2.36.